The summed E-state index contributed by atoms with van der Waals surface area (Å²) in [4.78, 5) is 14.7. The summed E-state index contributed by atoms with van der Waals surface area (Å²) in [6.45, 7) is 7.07. The minimum Gasteiger partial charge on any atom is -1.00 e. The second-order valence-corrected chi connectivity index (χ2v) is 6.53. The van der Waals surface area contributed by atoms with E-state index < -0.39 is 0 Å². The van der Waals surface area contributed by atoms with Crippen LogP contribution in [0.1, 0.15) is 0 Å². The van der Waals surface area contributed by atoms with Crippen LogP contribution in [0.2, 0.25) is 10.0 Å². The molecule has 1 aromatic rings. The van der Waals surface area contributed by atoms with Crippen LogP contribution in [0.15, 0.2) is 18.2 Å². The lowest BCUT2D eigenvalue weighted by Gasteiger charge is -2.50. The molecule has 3 aliphatic heterocycles. The van der Waals surface area contributed by atoms with E-state index in [0.29, 0.717) is 22.3 Å². The Bertz CT molecular complexity index is 516. The number of rotatable bonds is 3. The van der Waals surface area contributed by atoms with Gasteiger partial charge in [0, 0.05) is 24.7 Å². The predicted molar refractivity (Wildman–Crippen MR) is 81.3 cm³/mol. The largest absolute Gasteiger partial charge is 1.00 e. The van der Waals surface area contributed by atoms with Crippen LogP contribution in [-0.2, 0) is 4.79 Å². The summed E-state index contributed by atoms with van der Waals surface area (Å²) in [5, 5.41) is 3.95. The number of amides is 1. The number of piperazine rings is 3. The number of hydrogen-bond acceptors (Lipinski definition) is 2. The van der Waals surface area contributed by atoms with Gasteiger partial charge in [0.15, 0.2) is 6.54 Å². The van der Waals surface area contributed by atoms with Crippen LogP contribution in [-0.4, -0.2) is 61.1 Å². The lowest BCUT2D eigenvalue weighted by atomic mass is 10.1. The fourth-order valence-corrected chi connectivity index (χ4v) is 3.51. The van der Waals surface area contributed by atoms with Gasteiger partial charge in [-0.3, -0.25) is 9.69 Å². The number of halogens is 3. The predicted octanol–water partition coefficient (Wildman–Crippen LogP) is -0.918. The van der Waals surface area contributed by atoms with Crippen molar-refractivity contribution >= 4 is 34.8 Å². The zero-order valence-electron chi connectivity index (χ0n) is 11.6. The molecule has 21 heavy (non-hydrogen) atoms. The van der Waals surface area contributed by atoms with E-state index in [1.165, 1.54) is 0 Å². The monoisotopic (exact) mass is 349 g/mol. The van der Waals surface area contributed by atoms with Crippen molar-refractivity contribution < 1.29 is 21.7 Å². The van der Waals surface area contributed by atoms with Gasteiger partial charge in [0.05, 0.1) is 30.3 Å². The van der Waals surface area contributed by atoms with E-state index in [9.17, 15) is 4.79 Å². The fraction of sp³-hybridized carbons (Fsp3) is 0.500. The molecule has 1 aromatic carbocycles. The quantitative estimate of drug-likeness (QED) is 0.715. The van der Waals surface area contributed by atoms with E-state index >= 15 is 0 Å². The van der Waals surface area contributed by atoms with E-state index in [2.05, 4.69) is 10.2 Å². The first kappa shape index (κ1) is 16.8. The van der Waals surface area contributed by atoms with E-state index in [4.69, 9.17) is 23.2 Å². The molecule has 116 valence electrons. The maximum absolute atomic E-state index is 12.3. The summed E-state index contributed by atoms with van der Waals surface area (Å²) in [5.41, 5.74) is 0.634. The van der Waals surface area contributed by atoms with Crippen LogP contribution in [0, 0.1) is 0 Å². The topological polar surface area (TPSA) is 32.3 Å². The van der Waals surface area contributed by atoms with Gasteiger partial charge < -0.3 is 22.2 Å². The fourth-order valence-electron chi connectivity index (χ4n) is 3.05. The number of benzene rings is 1. The Morgan fingerprint density at radius 2 is 1.81 bits per heavy atom. The maximum Gasteiger partial charge on any atom is 0.279 e. The number of hydrogen-bond donors (Lipinski definition) is 1. The summed E-state index contributed by atoms with van der Waals surface area (Å²) >= 11 is 11.9. The summed E-state index contributed by atoms with van der Waals surface area (Å²) in [5.74, 6) is 0.0320. The first-order valence-electron chi connectivity index (χ1n) is 6.89. The third-order valence-electron chi connectivity index (χ3n) is 4.36. The molecular formula is C14H18Cl3N3O. The summed E-state index contributed by atoms with van der Waals surface area (Å²) in [6.07, 6.45) is 0. The molecule has 0 aliphatic carbocycles. The second kappa shape index (κ2) is 6.71. The normalized spacial score (nSPS) is 27.0. The molecule has 0 spiro atoms. The van der Waals surface area contributed by atoms with Crippen molar-refractivity contribution in [3.05, 3.63) is 28.2 Å². The van der Waals surface area contributed by atoms with Gasteiger partial charge >= 0.3 is 0 Å². The molecule has 0 aromatic heterocycles. The van der Waals surface area contributed by atoms with E-state index in [0.717, 1.165) is 43.8 Å². The lowest BCUT2D eigenvalue weighted by molar-refractivity contribution is -0.933. The molecule has 0 radical (unpaired) electrons. The number of anilines is 1. The Morgan fingerprint density at radius 3 is 2.38 bits per heavy atom. The smallest absolute Gasteiger partial charge is 0.279 e. The molecule has 3 aliphatic rings. The lowest BCUT2D eigenvalue weighted by Crippen LogP contribution is -3.00. The number of quaternary nitrogens is 1. The third-order valence-corrected chi connectivity index (χ3v) is 4.90. The molecule has 0 atom stereocenters. The number of nitrogens with one attached hydrogen (secondary N) is 1. The average molecular weight is 351 g/mol. The minimum absolute atomic E-state index is 0. The highest BCUT2D eigenvalue weighted by Crippen LogP contribution is 2.26. The highest BCUT2D eigenvalue weighted by molar-refractivity contribution is 6.36. The number of nitrogens with zero attached hydrogens (tertiary/aromatic N) is 2. The van der Waals surface area contributed by atoms with Gasteiger partial charge in [0.25, 0.3) is 5.91 Å². The Morgan fingerprint density at radius 1 is 1.19 bits per heavy atom. The van der Waals surface area contributed by atoms with Crippen LogP contribution < -0.4 is 17.7 Å². The molecule has 0 saturated carbocycles. The van der Waals surface area contributed by atoms with Crippen LogP contribution in [0.3, 0.4) is 0 Å². The zero-order valence-corrected chi connectivity index (χ0v) is 13.9. The first-order valence-corrected chi connectivity index (χ1v) is 7.64. The van der Waals surface area contributed by atoms with Crippen LogP contribution in [0.25, 0.3) is 0 Å². The molecule has 4 nitrogen and oxygen atoms in total. The van der Waals surface area contributed by atoms with Crippen molar-refractivity contribution in [2.75, 3.05) is 51.1 Å². The SMILES string of the molecule is O=C(C[N+]12CCN(CC1)CC2)Nc1ccc(Cl)cc1Cl.[Cl-]. The molecule has 1 N–H and O–H groups in total. The van der Waals surface area contributed by atoms with Gasteiger partial charge in [0.1, 0.15) is 0 Å². The molecule has 3 saturated heterocycles. The number of carbonyl (C=O) groups is 1. The standard InChI is InChI=1S/C14H17Cl2N3O.ClH/c15-11-1-2-13(12(16)9-11)17-14(20)10-19-6-3-18(4-7-19)5-8-19;/h1-2,9H,3-8,10H2;1H. The van der Waals surface area contributed by atoms with Crippen LogP contribution >= 0.6 is 23.2 Å². The minimum atomic E-state index is 0. The third kappa shape index (κ3) is 3.82. The molecule has 3 heterocycles. The number of carbonyl (C=O) groups excluding carboxylic acids is 1. The first-order chi connectivity index (χ1) is 9.56. The van der Waals surface area contributed by atoms with E-state index in [1.54, 1.807) is 18.2 Å². The van der Waals surface area contributed by atoms with Gasteiger partial charge in [-0.05, 0) is 18.2 Å². The molecule has 1 amide bonds. The average Bonchev–Trinajstić information content (AvgIpc) is 2.43. The highest BCUT2D eigenvalue weighted by atomic mass is 35.5. The van der Waals surface area contributed by atoms with Crippen molar-refractivity contribution in [1.82, 2.24) is 4.90 Å². The van der Waals surface area contributed by atoms with Gasteiger partial charge in [0.2, 0.25) is 0 Å². The maximum atomic E-state index is 12.3. The highest BCUT2D eigenvalue weighted by Gasteiger charge is 2.39. The van der Waals surface area contributed by atoms with E-state index in [-0.39, 0.29) is 18.3 Å². The Hall–Kier alpha value is -0.520. The zero-order chi connectivity index (χ0) is 14.2. The van der Waals surface area contributed by atoms with E-state index in [1.807, 2.05) is 0 Å². The Balaban J connectivity index is 0.00000161. The van der Waals surface area contributed by atoms with Crippen molar-refractivity contribution in [2.24, 2.45) is 0 Å². The molecule has 2 bridgehead atoms. The summed E-state index contributed by atoms with van der Waals surface area (Å²) < 4.78 is 0.910. The molecular weight excluding hydrogens is 333 g/mol. The Kier molecular flexibility index (Phi) is 5.38. The summed E-state index contributed by atoms with van der Waals surface area (Å²) in [7, 11) is 0. The summed E-state index contributed by atoms with van der Waals surface area (Å²) in [6, 6.07) is 5.12. The number of fused-ring (bicyclic) bond motifs is 3. The van der Waals surface area contributed by atoms with Crippen LogP contribution in [0.5, 0.6) is 0 Å². The molecule has 7 heteroatoms. The van der Waals surface area contributed by atoms with Crippen molar-refractivity contribution in [3.8, 4) is 0 Å². The molecule has 4 rings (SSSR count). The van der Waals surface area contributed by atoms with Gasteiger partial charge in [-0.2, -0.15) is 0 Å². The van der Waals surface area contributed by atoms with Crippen molar-refractivity contribution in [2.45, 2.75) is 0 Å². The second-order valence-electron chi connectivity index (χ2n) is 5.68. The van der Waals surface area contributed by atoms with Gasteiger partial charge in [-0.25, -0.2) is 0 Å². The van der Waals surface area contributed by atoms with Crippen molar-refractivity contribution in [1.29, 1.82) is 0 Å². The Labute approximate surface area is 141 Å². The molecule has 0 unspecified atom stereocenters. The molecule has 3 fully saturated rings. The van der Waals surface area contributed by atoms with Crippen LogP contribution in [0.4, 0.5) is 5.69 Å². The van der Waals surface area contributed by atoms with Crippen molar-refractivity contribution in [3.63, 3.8) is 0 Å². The van der Waals surface area contributed by atoms with Gasteiger partial charge in [-0.1, -0.05) is 23.2 Å². The van der Waals surface area contributed by atoms with Gasteiger partial charge in [-0.15, -0.1) is 0 Å².